The molecule has 18 heavy (non-hydrogen) atoms. The second kappa shape index (κ2) is 5.35. The number of rotatable bonds is 4. The van der Waals surface area contributed by atoms with Crippen LogP contribution in [-0.4, -0.2) is 22.2 Å². The molecule has 94 valence electrons. The second-order valence-corrected chi connectivity index (χ2v) is 4.12. The lowest BCUT2D eigenvalue weighted by Gasteiger charge is -2.08. The summed E-state index contributed by atoms with van der Waals surface area (Å²) in [6.07, 6.45) is 3.56. The van der Waals surface area contributed by atoms with E-state index >= 15 is 0 Å². The van der Waals surface area contributed by atoms with Gasteiger partial charge < -0.3 is 11.1 Å². The van der Waals surface area contributed by atoms with Gasteiger partial charge in [0.1, 0.15) is 0 Å². The Morgan fingerprint density at radius 2 is 2.33 bits per heavy atom. The number of nitrogens with zero attached hydrogens (tertiary/aromatic N) is 2. The van der Waals surface area contributed by atoms with Crippen LogP contribution >= 0.6 is 0 Å². The van der Waals surface area contributed by atoms with Gasteiger partial charge in [0.25, 0.3) is 5.91 Å². The number of nitrogen functional groups attached to an aromatic ring is 1. The third-order valence-corrected chi connectivity index (χ3v) is 2.64. The van der Waals surface area contributed by atoms with Crippen molar-refractivity contribution < 1.29 is 4.79 Å². The smallest absolute Gasteiger partial charge is 0.253 e. The number of nitrogens with two attached hydrogens (primary N) is 1. The third-order valence-electron chi connectivity index (χ3n) is 2.64. The molecule has 0 bridgehead atoms. The number of anilines is 1. The molecule has 0 saturated heterocycles. The zero-order valence-electron chi connectivity index (χ0n) is 10.3. The minimum atomic E-state index is -0.153. The van der Waals surface area contributed by atoms with E-state index in [1.165, 1.54) is 0 Å². The first-order valence-corrected chi connectivity index (χ1v) is 5.78. The number of amides is 1. The molecule has 2 rings (SSSR count). The van der Waals surface area contributed by atoms with Gasteiger partial charge in [-0.05, 0) is 30.7 Å². The molecular weight excluding hydrogens is 228 g/mol. The maximum atomic E-state index is 11.9. The molecule has 5 nitrogen and oxygen atoms in total. The molecule has 0 radical (unpaired) electrons. The first-order chi connectivity index (χ1) is 8.66. The zero-order chi connectivity index (χ0) is 13.0. The number of benzene rings is 1. The summed E-state index contributed by atoms with van der Waals surface area (Å²) in [5.74, 6) is -0.153. The predicted octanol–water partition coefficient (Wildman–Crippen LogP) is 1.20. The SMILES string of the molecule is Cc1ccc(C(=O)NCCn2cccn2)c(N)c1. The maximum Gasteiger partial charge on any atom is 0.253 e. The van der Waals surface area contributed by atoms with Crippen molar-refractivity contribution in [2.24, 2.45) is 0 Å². The summed E-state index contributed by atoms with van der Waals surface area (Å²) in [6, 6.07) is 7.26. The topological polar surface area (TPSA) is 72.9 Å². The van der Waals surface area contributed by atoms with E-state index in [0.717, 1.165) is 5.56 Å². The first-order valence-electron chi connectivity index (χ1n) is 5.78. The van der Waals surface area contributed by atoms with Crippen LogP contribution in [0.25, 0.3) is 0 Å². The van der Waals surface area contributed by atoms with Crippen LogP contribution in [0.2, 0.25) is 0 Å². The number of aryl methyl sites for hydroxylation is 1. The van der Waals surface area contributed by atoms with Gasteiger partial charge in [-0.25, -0.2) is 0 Å². The summed E-state index contributed by atoms with van der Waals surface area (Å²) in [5.41, 5.74) is 7.87. The highest BCUT2D eigenvalue weighted by atomic mass is 16.1. The van der Waals surface area contributed by atoms with Gasteiger partial charge in [-0.1, -0.05) is 6.07 Å². The number of nitrogens with one attached hydrogen (secondary N) is 1. The molecule has 0 unspecified atom stereocenters. The van der Waals surface area contributed by atoms with Gasteiger partial charge in [-0.15, -0.1) is 0 Å². The van der Waals surface area contributed by atoms with Crippen molar-refractivity contribution in [1.82, 2.24) is 15.1 Å². The van der Waals surface area contributed by atoms with E-state index in [2.05, 4.69) is 10.4 Å². The van der Waals surface area contributed by atoms with Crippen molar-refractivity contribution in [3.05, 3.63) is 47.8 Å². The van der Waals surface area contributed by atoms with Crippen LogP contribution in [0.15, 0.2) is 36.7 Å². The fourth-order valence-corrected chi connectivity index (χ4v) is 1.70. The first kappa shape index (κ1) is 12.2. The Kier molecular flexibility index (Phi) is 3.62. The Morgan fingerprint density at radius 1 is 1.50 bits per heavy atom. The normalized spacial score (nSPS) is 10.3. The number of hydrogen-bond donors (Lipinski definition) is 2. The fraction of sp³-hybridized carbons (Fsp3) is 0.231. The molecule has 1 aromatic carbocycles. The lowest BCUT2D eigenvalue weighted by Crippen LogP contribution is -2.28. The lowest BCUT2D eigenvalue weighted by atomic mass is 10.1. The molecule has 0 fully saturated rings. The summed E-state index contributed by atoms with van der Waals surface area (Å²) in [7, 11) is 0. The Labute approximate surface area is 106 Å². The molecule has 5 heteroatoms. The van der Waals surface area contributed by atoms with Crippen molar-refractivity contribution in [2.45, 2.75) is 13.5 Å². The molecular formula is C13H16N4O. The van der Waals surface area contributed by atoms with Crippen molar-refractivity contribution in [3.8, 4) is 0 Å². The number of hydrogen-bond acceptors (Lipinski definition) is 3. The average Bonchev–Trinajstić information content (AvgIpc) is 2.81. The molecule has 0 saturated carbocycles. The Morgan fingerprint density at radius 3 is 3.00 bits per heavy atom. The highest BCUT2D eigenvalue weighted by Gasteiger charge is 2.08. The zero-order valence-corrected chi connectivity index (χ0v) is 10.3. The molecule has 3 N–H and O–H groups in total. The number of aromatic nitrogens is 2. The van der Waals surface area contributed by atoms with Gasteiger partial charge in [-0.3, -0.25) is 9.48 Å². The minimum Gasteiger partial charge on any atom is -0.398 e. The summed E-state index contributed by atoms with van der Waals surface area (Å²) >= 11 is 0. The number of carbonyl (C=O) groups is 1. The average molecular weight is 244 g/mol. The van der Waals surface area contributed by atoms with Gasteiger partial charge >= 0.3 is 0 Å². The van der Waals surface area contributed by atoms with Gasteiger partial charge in [0.15, 0.2) is 0 Å². The Hall–Kier alpha value is -2.30. The maximum absolute atomic E-state index is 11.9. The number of carbonyl (C=O) groups excluding carboxylic acids is 1. The molecule has 1 aromatic heterocycles. The van der Waals surface area contributed by atoms with Crippen LogP contribution in [0, 0.1) is 6.92 Å². The van der Waals surface area contributed by atoms with Gasteiger partial charge in [0, 0.05) is 24.6 Å². The van der Waals surface area contributed by atoms with Crippen molar-refractivity contribution in [2.75, 3.05) is 12.3 Å². The van der Waals surface area contributed by atoms with Crippen molar-refractivity contribution in [3.63, 3.8) is 0 Å². The summed E-state index contributed by atoms with van der Waals surface area (Å²) in [4.78, 5) is 11.9. The van der Waals surface area contributed by atoms with Gasteiger partial charge in [-0.2, -0.15) is 5.10 Å². The molecule has 0 aliphatic carbocycles. The minimum absolute atomic E-state index is 0.153. The van der Waals surface area contributed by atoms with E-state index < -0.39 is 0 Å². The largest absolute Gasteiger partial charge is 0.398 e. The van der Waals surface area contributed by atoms with E-state index in [0.29, 0.717) is 24.3 Å². The standard InChI is InChI=1S/C13H16N4O/c1-10-3-4-11(12(14)9-10)13(18)15-6-8-17-7-2-5-16-17/h2-5,7,9H,6,8,14H2,1H3,(H,15,18). The Bertz CT molecular complexity index is 534. The monoisotopic (exact) mass is 244 g/mol. The highest BCUT2D eigenvalue weighted by Crippen LogP contribution is 2.13. The molecule has 0 aliphatic rings. The van der Waals surface area contributed by atoms with E-state index in [1.807, 2.05) is 25.3 Å². The van der Waals surface area contributed by atoms with Gasteiger partial charge in [0.2, 0.25) is 0 Å². The predicted molar refractivity (Wildman–Crippen MR) is 70.2 cm³/mol. The fourth-order valence-electron chi connectivity index (χ4n) is 1.70. The van der Waals surface area contributed by atoms with Crippen LogP contribution in [0.5, 0.6) is 0 Å². The van der Waals surface area contributed by atoms with Crippen LogP contribution in [0.4, 0.5) is 5.69 Å². The van der Waals surface area contributed by atoms with Crippen LogP contribution in [-0.2, 0) is 6.54 Å². The summed E-state index contributed by atoms with van der Waals surface area (Å²) in [5, 5.41) is 6.87. The van der Waals surface area contributed by atoms with Crippen molar-refractivity contribution >= 4 is 11.6 Å². The van der Waals surface area contributed by atoms with Gasteiger partial charge in [0.05, 0.1) is 12.1 Å². The third kappa shape index (κ3) is 2.88. The second-order valence-electron chi connectivity index (χ2n) is 4.12. The molecule has 1 heterocycles. The van der Waals surface area contributed by atoms with E-state index in [4.69, 9.17) is 5.73 Å². The molecule has 0 atom stereocenters. The molecule has 1 amide bonds. The summed E-state index contributed by atoms with van der Waals surface area (Å²) in [6.45, 7) is 3.11. The van der Waals surface area contributed by atoms with E-state index in [1.54, 1.807) is 23.0 Å². The molecule has 0 aliphatic heterocycles. The highest BCUT2D eigenvalue weighted by molar-refractivity contribution is 5.99. The lowest BCUT2D eigenvalue weighted by molar-refractivity contribution is 0.0953. The van der Waals surface area contributed by atoms with Crippen LogP contribution < -0.4 is 11.1 Å². The molecule has 2 aromatic rings. The van der Waals surface area contributed by atoms with Crippen LogP contribution in [0.3, 0.4) is 0 Å². The van der Waals surface area contributed by atoms with Crippen LogP contribution in [0.1, 0.15) is 15.9 Å². The van der Waals surface area contributed by atoms with E-state index in [-0.39, 0.29) is 5.91 Å². The molecule has 0 spiro atoms. The van der Waals surface area contributed by atoms with Crippen molar-refractivity contribution in [1.29, 1.82) is 0 Å². The Balaban J connectivity index is 1.91. The summed E-state index contributed by atoms with van der Waals surface area (Å²) < 4.78 is 1.76. The van der Waals surface area contributed by atoms with E-state index in [9.17, 15) is 4.79 Å². The quantitative estimate of drug-likeness (QED) is 0.794.